The highest BCUT2D eigenvalue weighted by molar-refractivity contribution is 5.89. The summed E-state index contributed by atoms with van der Waals surface area (Å²) >= 11 is 0. The van der Waals surface area contributed by atoms with E-state index in [1.165, 1.54) is 0 Å². The molecule has 0 aliphatic carbocycles. The second-order valence-electron chi connectivity index (χ2n) is 7.08. The largest absolute Gasteiger partial charge is 0.389 e. The van der Waals surface area contributed by atoms with E-state index in [-0.39, 0.29) is 18.6 Å². The van der Waals surface area contributed by atoms with Crippen molar-refractivity contribution < 1.29 is 9.90 Å². The number of likely N-dealkylation sites (N-methyl/N-ethyl adjacent to an activating group) is 1. The Labute approximate surface area is 149 Å². The maximum Gasteiger partial charge on any atom is 0.323 e. The standard InChI is InChI=1S/C19H28N4O2/c1-6-22(13-19(4,5)25)18(24)20-17-12-16(21-23(17)14(2)3)15-10-8-7-9-11-15/h7-12,14,25H,6,13H2,1-5H3,(H,20,24). The van der Waals surface area contributed by atoms with Crippen molar-refractivity contribution >= 4 is 11.8 Å². The molecule has 0 saturated heterocycles. The first-order valence-electron chi connectivity index (χ1n) is 8.64. The van der Waals surface area contributed by atoms with E-state index in [0.717, 1.165) is 11.3 Å². The Bertz CT molecular complexity index is 702. The lowest BCUT2D eigenvalue weighted by Crippen LogP contribution is -2.44. The minimum Gasteiger partial charge on any atom is -0.389 e. The Morgan fingerprint density at radius 1 is 1.32 bits per heavy atom. The van der Waals surface area contributed by atoms with Gasteiger partial charge in [0.25, 0.3) is 0 Å². The number of amides is 2. The molecule has 2 N–H and O–H groups in total. The lowest BCUT2D eigenvalue weighted by Gasteiger charge is -2.28. The zero-order valence-corrected chi connectivity index (χ0v) is 15.7. The number of nitrogens with one attached hydrogen (secondary N) is 1. The summed E-state index contributed by atoms with van der Waals surface area (Å²) in [5.41, 5.74) is 0.872. The van der Waals surface area contributed by atoms with Gasteiger partial charge in [-0.15, -0.1) is 0 Å². The zero-order valence-electron chi connectivity index (χ0n) is 15.7. The summed E-state index contributed by atoms with van der Waals surface area (Å²) in [5.74, 6) is 0.646. The number of aliphatic hydroxyl groups is 1. The van der Waals surface area contributed by atoms with Crippen LogP contribution in [0.4, 0.5) is 10.6 Å². The van der Waals surface area contributed by atoms with E-state index in [0.29, 0.717) is 12.4 Å². The fraction of sp³-hybridized carbons (Fsp3) is 0.474. The van der Waals surface area contributed by atoms with Gasteiger partial charge < -0.3 is 10.0 Å². The van der Waals surface area contributed by atoms with E-state index in [2.05, 4.69) is 10.4 Å². The average Bonchev–Trinajstić information content (AvgIpc) is 2.96. The van der Waals surface area contributed by atoms with Crippen molar-refractivity contribution in [2.24, 2.45) is 0 Å². The van der Waals surface area contributed by atoms with Crippen LogP contribution in [0.15, 0.2) is 36.4 Å². The first-order chi connectivity index (χ1) is 11.7. The van der Waals surface area contributed by atoms with E-state index >= 15 is 0 Å². The second kappa shape index (κ2) is 7.70. The minimum atomic E-state index is -0.944. The molecule has 136 valence electrons. The summed E-state index contributed by atoms with van der Waals surface area (Å²) in [5, 5.41) is 17.5. The maximum absolute atomic E-state index is 12.6. The Kier molecular flexibility index (Phi) is 5.85. The summed E-state index contributed by atoms with van der Waals surface area (Å²) in [4.78, 5) is 14.2. The van der Waals surface area contributed by atoms with Gasteiger partial charge >= 0.3 is 6.03 Å². The first kappa shape index (κ1) is 19.0. The molecule has 0 fully saturated rings. The van der Waals surface area contributed by atoms with Crippen LogP contribution in [0.2, 0.25) is 0 Å². The molecule has 25 heavy (non-hydrogen) atoms. The topological polar surface area (TPSA) is 70.4 Å². The van der Waals surface area contributed by atoms with Crippen LogP contribution < -0.4 is 5.32 Å². The fourth-order valence-corrected chi connectivity index (χ4v) is 2.61. The summed E-state index contributed by atoms with van der Waals surface area (Å²) in [6, 6.07) is 11.6. The lowest BCUT2D eigenvalue weighted by atomic mass is 10.1. The van der Waals surface area contributed by atoms with Gasteiger partial charge in [0.05, 0.1) is 17.8 Å². The minimum absolute atomic E-state index is 0.108. The van der Waals surface area contributed by atoms with Crippen molar-refractivity contribution in [3.8, 4) is 11.3 Å². The van der Waals surface area contributed by atoms with Crippen molar-refractivity contribution in [2.45, 2.75) is 46.3 Å². The molecule has 0 spiro atoms. The number of hydrogen-bond acceptors (Lipinski definition) is 3. The molecule has 6 heteroatoms. The molecule has 2 aromatic rings. The molecule has 1 aromatic carbocycles. The van der Waals surface area contributed by atoms with Gasteiger partial charge in [-0.1, -0.05) is 30.3 Å². The molecule has 0 aliphatic heterocycles. The highest BCUT2D eigenvalue weighted by atomic mass is 16.3. The van der Waals surface area contributed by atoms with Gasteiger partial charge in [-0.25, -0.2) is 9.48 Å². The third kappa shape index (κ3) is 5.06. The van der Waals surface area contributed by atoms with Crippen molar-refractivity contribution in [3.63, 3.8) is 0 Å². The molecule has 0 aliphatic rings. The number of rotatable bonds is 6. The Morgan fingerprint density at radius 2 is 1.96 bits per heavy atom. The molecular formula is C19H28N4O2. The van der Waals surface area contributed by atoms with Crippen LogP contribution in [0.25, 0.3) is 11.3 Å². The molecule has 2 amide bonds. The Balaban J connectivity index is 2.26. The van der Waals surface area contributed by atoms with E-state index in [4.69, 9.17) is 0 Å². The highest BCUT2D eigenvalue weighted by Crippen LogP contribution is 2.24. The van der Waals surface area contributed by atoms with Crippen LogP contribution in [-0.2, 0) is 0 Å². The maximum atomic E-state index is 12.6. The van der Waals surface area contributed by atoms with Gasteiger partial charge in [0.2, 0.25) is 0 Å². The molecule has 0 unspecified atom stereocenters. The van der Waals surface area contributed by atoms with Crippen LogP contribution in [0.1, 0.15) is 40.7 Å². The monoisotopic (exact) mass is 344 g/mol. The number of hydrogen-bond donors (Lipinski definition) is 2. The van der Waals surface area contributed by atoms with E-state index in [1.54, 1.807) is 23.4 Å². The molecule has 0 radical (unpaired) electrons. The van der Waals surface area contributed by atoms with Gasteiger partial charge in [0.15, 0.2) is 0 Å². The van der Waals surface area contributed by atoms with Crippen LogP contribution in [0.3, 0.4) is 0 Å². The van der Waals surface area contributed by atoms with Crippen LogP contribution >= 0.6 is 0 Å². The quantitative estimate of drug-likeness (QED) is 0.838. The highest BCUT2D eigenvalue weighted by Gasteiger charge is 2.23. The predicted octanol–water partition coefficient (Wildman–Crippen LogP) is 3.76. The third-order valence-electron chi connectivity index (χ3n) is 3.78. The van der Waals surface area contributed by atoms with E-state index in [9.17, 15) is 9.90 Å². The van der Waals surface area contributed by atoms with Gasteiger partial charge in [-0.3, -0.25) is 5.32 Å². The molecule has 0 saturated carbocycles. The fourth-order valence-electron chi connectivity index (χ4n) is 2.61. The third-order valence-corrected chi connectivity index (χ3v) is 3.78. The number of benzene rings is 1. The van der Waals surface area contributed by atoms with Crippen molar-refractivity contribution in [1.82, 2.24) is 14.7 Å². The first-order valence-corrected chi connectivity index (χ1v) is 8.64. The molecule has 0 bridgehead atoms. The molecular weight excluding hydrogens is 316 g/mol. The van der Waals surface area contributed by atoms with Crippen LogP contribution in [-0.4, -0.2) is 44.5 Å². The normalized spacial score (nSPS) is 11.6. The van der Waals surface area contributed by atoms with Crippen LogP contribution in [0, 0.1) is 0 Å². The van der Waals surface area contributed by atoms with Crippen molar-refractivity contribution in [3.05, 3.63) is 36.4 Å². The Hall–Kier alpha value is -2.34. The molecule has 0 atom stereocenters. The number of anilines is 1. The summed E-state index contributed by atoms with van der Waals surface area (Å²) in [7, 11) is 0. The van der Waals surface area contributed by atoms with Gasteiger partial charge in [0, 0.05) is 24.2 Å². The van der Waals surface area contributed by atoms with Crippen molar-refractivity contribution in [2.75, 3.05) is 18.4 Å². The summed E-state index contributed by atoms with van der Waals surface area (Å²) in [6.07, 6.45) is 0. The summed E-state index contributed by atoms with van der Waals surface area (Å²) < 4.78 is 1.80. The molecule has 1 aromatic heterocycles. The van der Waals surface area contributed by atoms with E-state index < -0.39 is 5.60 Å². The number of nitrogens with zero attached hydrogens (tertiary/aromatic N) is 3. The number of urea groups is 1. The van der Waals surface area contributed by atoms with Crippen LogP contribution in [0.5, 0.6) is 0 Å². The number of carbonyl (C=O) groups is 1. The predicted molar refractivity (Wildman–Crippen MR) is 101 cm³/mol. The summed E-state index contributed by atoms with van der Waals surface area (Å²) in [6.45, 7) is 10.1. The zero-order chi connectivity index (χ0) is 18.6. The number of aromatic nitrogens is 2. The molecule has 1 heterocycles. The van der Waals surface area contributed by atoms with E-state index in [1.807, 2.05) is 57.2 Å². The second-order valence-corrected chi connectivity index (χ2v) is 7.08. The van der Waals surface area contributed by atoms with Gasteiger partial charge in [-0.05, 0) is 34.6 Å². The van der Waals surface area contributed by atoms with Gasteiger partial charge in [0.1, 0.15) is 5.82 Å². The lowest BCUT2D eigenvalue weighted by molar-refractivity contribution is 0.0501. The smallest absolute Gasteiger partial charge is 0.323 e. The Morgan fingerprint density at radius 3 is 2.48 bits per heavy atom. The number of carbonyl (C=O) groups excluding carboxylic acids is 1. The van der Waals surface area contributed by atoms with Gasteiger partial charge in [-0.2, -0.15) is 5.10 Å². The SMILES string of the molecule is CCN(CC(C)(C)O)C(=O)Nc1cc(-c2ccccc2)nn1C(C)C. The average molecular weight is 344 g/mol. The molecule has 6 nitrogen and oxygen atoms in total. The molecule has 2 rings (SSSR count). The van der Waals surface area contributed by atoms with Crippen molar-refractivity contribution in [1.29, 1.82) is 0 Å².